The van der Waals surface area contributed by atoms with Gasteiger partial charge in [0, 0.05) is 10.6 Å². The number of thioether (sulfide) groups is 1. The van der Waals surface area contributed by atoms with Gasteiger partial charge in [-0.2, -0.15) is 5.10 Å². The van der Waals surface area contributed by atoms with E-state index in [0.29, 0.717) is 22.9 Å². The van der Waals surface area contributed by atoms with E-state index in [1.807, 2.05) is 6.92 Å². The van der Waals surface area contributed by atoms with Gasteiger partial charge in [-0.1, -0.05) is 30.3 Å². The molecule has 1 aliphatic heterocycles. The van der Waals surface area contributed by atoms with Gasteiger partial charge in [0.25, 0.3) is 0 Å². The molecule has 0 radical (unpaired) electrons. The molecule has 0 aromatic heterocycles. The Balaban J connectivity index is 2.07. The first-order chi connectivity index (χ1) is 11.5. The molecular weight excluding hydrogens is 354 g/mol. The van der Waals surface area contributed by atoms with Crippen molar-refractivity contribution < 1.29 is 19.4 Å². The third-order valence-corrected chi connectivity index (χ3v) is 4.22. The van der Waals surface area contributed by atoms with Gasteiger partial charge < -0.3 is 15.2 Å². The number of carbonyl (C=O) groups excluding carboxylic acids is 1. The molecule has 1 aromatic rings. The minimum absolute atomic E-state index is 0.261. The van der Waals surface area contributed by atoms with E-state index in [4.69, 9.17) is 21.4 Å². The number of aliphatic carboxylic acids is 1. The Morgan fingerprint density at radius 3 is 3.04 bits per heavy atom. The number of rotatable bonds is 7. The van der Waals surface area contributed by atoms with E-state index < -0.39 is 11.2 Å². The zero-order chi connectivity index (χ0) is 17.5. The average molecular weight is 370 g/mol. The lowest BCUT2D eigenvalue weighted by Gasteiger charge is -2.07. The van der Waals surface area contributed by atoms with Crippen LogP contribution in [0.4, 0.5) is 0 Å². The monoisotopic (exact) mass is 369 g/mol. The second kappa shape index (κ2) is 8.70. The average Bonchev–Trinajstić information content (AvgIpc) is 2.86. The Morgan fingerprint density at radius 1 is 1.54 bits per heavy atom. The van der Waals surface area contributed by atoms with Crippen molar-refractivity contribution >= 4 is 46.6 Å². The molecule has 1 aliphatic rings. The topological polar surface area (TPSA) is 100 Å². The van der Waals surface area contributed by atoms with Gasteiger partial charge in [-0.15, -0.1) is 5.10 Å². The second-order valence-corrected chi connectivity index (χ2v) is 6.50. The SMILES string of the molecule is CCCOc1ccc(Cl)cc1C=NN=C1NC(=O)C(CC(=O)O)S1. The van der Waals surface area contributed by atoms with Crippen molar-refractivity contribution in [2.75, 3.05) is 6.61 Å². The molecule has 9 heteroatoms. The fourth-order valence-corrected chi connectivity index (χ4v) is 2.95. The van der Waals surface area contributed by atoms with Crippen molar-refractivity contribution in [3.8, 4) is 5.75 Å². The number of hydrogen-bond donors (Lipinski definition) is 2. The number of hydrogen-bond acceptors (Lipinski definition) is 6. The quantitative estimate of drug-likeness (QED) is 0.568. The highest BCUT2D eigenvalue weighted by atomic mass is 35.5. The van der Waals surface area contributed by atoms with Crippen LogP contribution in [-0.4, -0.2) is 40.2 Å². The summed E-state index contributed by atoms with van der Waals surface area (Å²) in [4.78, 5) is 22.3. The molecule has 0 bridgehead atoms. The summed E-state index contributed by atoms with van der Waals surface area (Å²) < 4.78 is 5.60. The van der Waals surface area contributed by atoms with Crippen LogP contribution in [0.25, 0.3) is 0 Å². The molecule has 1 unspecified atom stereocenters. The highest BCUT2D eigenvalue weighted by molar-refractivity contribution is 8.15. The van der Waals surface area contributed by atoms with Crippen molar-refractivity contribution in [3.05, 3.63) is 28.8 Å². The molecule has 1 saturated heterocycles. The van der Waals surface area contributed by atoms with E-state index in [2.05, 4.69) is 15.5 Å². The van der Waals surface area contributed by atoms with Crippen molar-refractivity contribution in [1.29, 1.82) is 0 Å². The third-order valence-electron chi connectivity index (χ3n) is 2.92. The number of amides is 1. The summed E-state index contributed by atoms with van der Waals surface area (Å²) in [7, 11) is 0. The maximum atomic E-state index is 11.6. The van der Waals surface area contributed by atoms with Crippen LogP contribution in [0.3, 0.4) is 0 Å². The van der Waals surface area contributed by atoms with Crippen molar-refractivity contribution in [2.24, 2.45) is 10.2 Å². The fraction of sp³-hybridized carbons (Fsp3) is 0.333. The Labute approximate surface area is 148 Å². The smallest absolute Gasteiger partial charge is 0.305 e. The van der Waals surface area contributed by atoms with Gasteiger partial charge >= 0.3 is 5.97 Å². The summed E-state index contributed by atoms with van der Waals surface area (Å²) in [5.74, 6) is -0.785. The van der Waals surface area contributed by atoms with Crippen LogP contribution in [0, 0.1) is 0 Å². The number of nitrogens with one attached hydrogen (secondary N) is 1. The molecule has 1 atom stereocenters. The first kappa shape index (κ1) is 18.3. The number of ether oxygens (including phenoxy) is 1. The van der Waals surface area contributed by atoms with E-state index in [9.17, 15) is 9.59 Å². The van der Waals surface area contributed by atoms with Crippen LogP contribution in [-0.2, 0) is 9.59 Å². The highest BCUT2D eigenvalue weighted by Gasteiger charge is 2.32. The minimum Gasteiger partial charge on any atom is -0.493 e. The van der Waals surface area contributed by atoms with E-state index >= 15 is 0 Å². The maximum absolute atomic E-state index is 11.6. The van der Waals surface area contributed by atoms with E-state index in [1.54, 1.807) is 18.2 Å². The largest absolute Gasteiger partial charge is 0.493 e. The summed E-state index contributed by atoms with van der Waals surface area (Å²) in [6.45, 7) is 2.57. The van der Waals surface area contributed by atoms with Gasteiger partial charge in [0.15, 0.2) is 5.17 Å². The predicted octanol–water partition coefficient (Wildman–Crippen LogP) is 2.52. The third kappa shape index (κ3) is 5.24. The minimum atomic E-state index is -1.04. The molecule has 0 saturated carbocycles. The molecule has 0 aliphatic carbocycles. The number of nitrogens with zero attached hydrogens (tertiary/aromatic N) is 2. The first-order valence-corrected chi connectivity index (χ1v) is 8.48. The predicted molar refractivity (Wildman–Crippen MR) is 94.0 cm³/mol. The Morgan fingerprint density at radius 2 is 2.33 bits per heavy atom. The summed E-state index contributed by atoms with van der Waals surface area (Å²) in [6, 6.07) is 5.17. The van der Waals surface area contributed by atoms with Gasteiger partial charge in [-0.05, 0) is 24.6 Å². The van der Waals surface area contributed by atoms with Crippen LogP contribution in [0.1, 0.15) is 25.3 Å². The molecule has 1 fully saturated rings. The molecule has 0 spiro atoms. The fourth-order valence-electron chi connectivity index (χ4n) is 1.85. The summed E-state index contributed by atoms with van der Waals surface area (Å²) >= 11 is 7.01. The van der Waals surface area contributed by atoms with Crippen LogP contribution in [0.5, 0.6) is 5.75 Å². The molecule has 1 amide bonds. The van der Waals surface area contributed by atoms with Crippen molar-refractivity contribution in [3.63, 3.8) is 0 Å². The molecule has 24 heavy (non-hydrogen) atoms. The highest BCUT2D eigenvalue weighted by Crippen LogP contribution is 2.23. The Hall–Kier alpha value is -2.06. The lowest BCUT2D eigenvalue weighted by molar-refractivity contribution is -0.138. The standard InChI is InChI=1S/C15H16ClN3O4S/c1-2-5-23-11-4-3-10(16)6-9(11)8-17-19-15-18-14(22)12(24-15)7-13(20)21/h3-4,6,8,12H,2,5,7H2,1H3,(H,20,21)(H,18,19,22). The molecule has 7 nitrogen and oxygen atoms in total. The van der Waals surface area contributed by atoms with E-state index in [-0.39, 0.29) is 17.5 Å². The molecule has 1 heterocycles. The summed E-state index contributed by atoms with van der Waals surface area (Å²) in [5, 5.41) is 19.2. The van der Waals surface area contributed by atoms with Gasteiger partial charge in [-0.3, -0.25) is 9.59 Å². The number of carboxylic acid groups (broad SMARTS) is 1. The lowest BCUT2D eigenvalue weighted by Crippen LogP contribution is -2.26. The first-order valence-electron chi connectivity index (χ1n) is 7.22. The summed E-state index contributed by atoms with van der Waals surface area (Å²) in [6.07, 6.45) is 2.08. The molecular formula is C15H16ClN3O4S. The van der Waals surface area contributed by atoms with Gasteiger partial charge in [-0.25, -0.2) is 0 Å². The molecule has 128 valence electrons. The Bertz CT molecular complexity index is 693. The van der Waals surface area contributed by atoms with E-state index in [1.165, 1.54) is 6.21 Å². The number of carbonyl (C=O) groups is 2. The van der Waals surface area contributed by atoms with Crippen LogP contribution < -0.4 is 10.1 Å². The van der Waals surface area contributed by atoms with Crippen LogP contribution in [0.15, 0.2) is 28.4 Å². The number of carboxylic acids is 1. The van der Waals surface area contributed by atoms with Gasteiger partial charge in [0.05, 0.1) is 19.2 Å². The van der Waals surface area contributed by atoms with Crippen molar-refractivity contribution in [1.82, 2.24) is 5.32 Å². The van der Waals surface area contributed by atoms with Crippen LogP contribution in [0.2, 0.25) is 5.02 Å². The van der Waals surface area contributed by atoms with Gasteiger partial charge in [0.1, 0.15) is 11.0 Å². The molecule has 1 aromatic carbocycles. The number of benzene rings is 1. The maximum Gasteiger partial charge on any atom is 0.305 e. The normalized spacial score (nSPS) is 19.0. The Kier molecular flexibility index (Phi) is 6.62. The zero-order valence-electron chi connectivity index (χ0n) is 12.9. The number of halogens is 1. The molecule has 2 N–H and O–H groups in total. The number of amidine groups is 1. The van der Waals surface area contributed by atoms with E-state index in [0.717, 1.165) is 18.2 Å². The molecule has 2 rings (SSSR count). The van der Waals surface area contributed by atoms with Gasteiger partial charge in [0.2, 0.25) is 5.91 Å². The summed E-state index contributed by atoms with van der Waals surface area (Å²) in [5.41, 5.74) is 0.664. The zero-order valence-corrected chi connectivity index (χ0v) is 14.4. The van der Waals surface area contributed by atoms with Crippen LogP contribution >= 0.6 is 23.4 Å². The van der Waals surface area contributed by atoms with Crippen molar-refractivity contribution in [2.45, 2.75) is 25.0 Å². The lowest BCUT2D eigenvalue weighted by atomic mass is 10.2. The second-order valence-electron chi connectivity index (χ2n) is 4.87.